The molecule has 0 saturated carbocycles. The van der Waals surface area contributed by atoms with Crippen molar-refractivity contribution in [2.75, 3.05) is 40.3 Å². The average molecular weight is 360 g/mol. The van der Waals surface area contributed by atoms with Crippen molar-refractivity contribution in [1.29, 1.82) is 0 Å². The number of hydrogen-bond acceptors (Lipinski definition) is 2. The molecule has 2 amide bonds. The molecule has 1 saturated heterocycles. The first-order valence-corrected chi connectivity index (χ1v) is 10.3. The predicted molar refractivity (Wildman–Crippen MR) is 108 cm³/mol. The summed E-state index contributed by atoms with van der Waals surface area (Å²) in [5, 5.41) is 0. The van der Waals surface area contributed by atoms with E-state index < -0.39 is 0 Å². The van der Waals surface area contributed by atoms with Gasteiger partial charge < -0.3 is 9.80 Å². The Morgan fingerprint density at radius 3 is 2.42 bits per heavy atom. The van der Waals surface area contributed by atoms with E-state index in [0.29, 0.717) is 10.8 Å². The largest absolute Gasteiger partial charge is 0.330 e. The summed E-state index contributed by atoms with van der Waals surface area (Å²) < 4.78 is 0. The van der Waals surface area contributed by atoms with Crippen molar-refractivity contribution in [2.24, 2.45) is 10.8 Å². The monoisotopic (exact) mass is 359 g/mol. The number of nitrogens with zero attached hydrogens (tertiary/aromatic N) is 3. The highest BCUT2D eigenvalue weighted by Gasteiger charge is 2.43. The maximum atomic E-state index is 12.6. The first-order chi connectivity index (χ1) is 12.2. The van der Waals surface area contributed by atoms with Crippen molar-refractivity contribution in [3.8, 4) is 0 Å². The van der Waals surface area contributed by atoms with Crippen LogP contribution in [0.3, 0.4) is 0 Å². The molecule has 3 aliphatic rings. The lowest BCUT2D eigenvalue weighted by atomic mass is 9.66. The first kappa shape index (κ1) is 19.5. The lowest BCUT2D eigenvalue weighted by molar-refractivity contribution is 0.0923. The Balaban J connectivity index is 1.74. The number of piperidine rings is 1. The average Bonchev–Trinajstić information content (AvgIpc) is 2.60. The van der Waals surface area contributed by atoms with Crippen LogP contribution in [0.4, 0.5) is 4.79 Å². The molecule has 26 heavy (non-hydrogen) atoms. The van der Waals surface area contributed by atoms with Crippen LogP contribution in [-0.2, 0) is 0 Å². The van der Waals surface area contributed by atoms with Gasteiger partial charge in [-0.2, -0.15) is 0 Å². The number of urea groups is 1. The van der Waals surface area contributed by atoms with E-state index >= 15 is 0 Å². The second-order valence-corrected chi connectivity index (χ2v) is 9.81. The molecule has 1 fully saturated rings. The molecule has 0 aromatic carbocycles. The topological polar surface area (TPSA) is 26.8 Å². The number of fused-ring (bicyclic) bond motifs is 1. The normalized spacial score (nSPS) is 23.3. The van der Waals surface area contributed by atoms with Gasteiger partial charge in [-0.3, -0.25) is 4.90 Å². The Kier molecular flexibility index (Phi) is 5.53. The summed E-state index contributed by atoms with van der Waals surface area (Å²) in [4.78, 5) is 19.1. The molecule has 4 nitrogen and oxygen atoms in total. The zero-order valence-electron chi connectivity index (χ0n) is 17.5. The lowest BCUT2D eigenvalue weighted by Gasteiger charge is -2.49. The molecular formula is C22H37N3O. The van der Waals surface area contributed by atoms with Crippen molar-refractivity contribution in [1.82, 2.24) is 14.7 Å². The fourth-order valence-corrected chi connectivity index (χ4v) is 4.68. The van der Waals surface area contributed by atoms with Crippen LogP contribution in [0.5, 0.6) is 0 Å². The Morgan fingerprint density at radius 2 is 1.81 bits per heavy atom. The second kappa shape index (κ2) is 7.38. The van der Waals surface area contributed by atoms with Gasteiger partial charge in [0.15, 0.2) is 0 Å². The number of amides is 2. The highest BCUT2D eigenvalue weighted by atomic mass is 16.2. The summed E-state index contributed by atoms with van der Waals surface area (Å²) in [5.41, 5.74) is 3.49. The number of allylic oxidation sites excluding steroid dienone is 4. The highest BCUT2D eigenvalue weighted by Crippen LogP contribution is 2.49. The van der Waals surface area contributed by atoms with Gasteiger partial charge in [-0.25, -0.2) is 4.79 Å². The van der Waals surface area contributed by atoms with E-state index in [2.05, 4.69) is 42.7 Å². The van der Waals surface area contributed by atoms with E-state index in [-0.39, 0.29) is 6.03 Å². The molecule has 1 spiro atoms. The Bertz CT molecular complexity index is 589. The summed E-state index contributed by atoms with van der Waals surface area (Å²) in [5.74, 6) is 0. The minimum absolute atomic E-state index is 0.144. The molecule has 0 N–H and O–H groups in total. The maximum absolute atomic E-state index is 12.6. The van der Waals surface area contributed by atoms with Crippen LogP contribution in [-0.4, -0.2) is 61.0 Å². The fraction of sp³-hybridized carbons (Fsp3) is 0.773. The Hall–Kier alpha value is -1.29. The van der Waals surface area contributed by atoms with Crippen molar-refractivity contribution < 1.29 is 4.79 Å². The highest BCUT2D eigenvalue weighted by molar-refractivity contribution is 5.76. The molecule has 146 valence electrons. The SMILES string of the molecule is CN(C)C(=O)N1CCC2(CCN(CCC(C)(C)C)CC2)C2=C1CCC=C2. The molecule has 2 heterocycles. The fourth-order valence-electron chi connectivity index (χ4n) is 4.68. The second-order valence-electron chi connectivity index (χ2n) is 9.81. The standard InChI is InChI=1S/C22H37N3O/c1-21(2,3)10-14-24-15-11-22(12-16-24)13-17-25(20(26)23(4)5)19-9-7-6-8-18(19)22/h6,8H,7,9-17H2,1-5H3. The van der Waals surface area contributed by atoms with Crippen LogP contribution in [0, 0.1) is 10.8 Å². The van der Waals surface area contributed by atoms with Gasteiger partial charge in [0.25, 0.3) is 0 Å². The number of carbonyl (C=O) groups is 1. The van der Waals surface area contributed by atoms with Crippen LogP contribution in [0.25, 0.3) is 0 Å². The van der Waals surface area contributed by atoms with Gasteiger partial charge in [0.1, 0.15) is 0 Å². The summed E-state index contributed by atoms with van der Waals surface area (Å²) in [7, 11) is 3.72. The molecule has 2 aliphatic heterocycles. The number of rotatable bonds is 2. The van der Waals surface area contributed by atoms with Gasteiger partial charge in [-0.1, -0.05) is 32.9 Å². The molecule has 0 unspecified atom stereocenters. The maximum Gasteiger partial charge on any atom is 0.323 e. The Morgan fingerprint density at radius 1 is 1.15 bits per heavy atom. The molecule has 0 bridgehead atoms. The van der Waals surface area contributed by atoms with Crippen LogP contribution in [0.1, 0.15) is 59.3 Å². The van der Waals surface area contributed by atoms with Gasteiger partial charge in [-0.05, 0) is 69.1 Å². The Labute approximate surface area is 159 Å². The van der Waals surface area contributed by atoms with E-state index in [1.165, 1.54) is 50.2 Å². The third kappa shape index (κ3) is 4.00. The zero-order chi connectivity index (χ0) is 18.9. The van der Waals surface area contributed by atoms with Crippen LogP contribution >= 0.6 is 0 Å². The number of likely N-dealkylation sites (tertiary alicyclic amines) is 1. The minimum Gasteiger partial charge on any atom is -0.330 e. The smallest absolute Gasteiger partial charge is 0.323 e. The first-order valence-electron chi connectivity index (χ1n) is 10.3. The lowest BCUT2D eigenvalue weighted by Crippen LogP contribution is -2.50. The van der Waals surface area contributed by atoms with Crippen molar-refractivity contribution in [3.05, 3.63) is 23.4 Å². The van der Waals surface area contributed by atoms with Crippen LogP contribution in [0.15, 0.2) is 23.4 Å². The molecule has 3 rings (SSSR count). The summed E-state index contributed by atoms with van der Waals surface area (Å²) in [6.07, 6.45) is 11.6. The van der Waals surface area contributed by atoms with Gasteiger partial charge in [-0.15, -0.1) is 0 Å². The quantitative estimate of drug-likeness (QED) is 0.726. The van der Waals surface area contributed by atoms with E-state index in [0.717, 1.165) is 25.8 Å². The van der Waals surface area contributed by atoms with Gasteiger partial charge >= 0.3 is 6.03 Å². The number of hydrogen-bond donors (Lipinski definition) is 0. The number of carbonyl (C=O) groups excluding carboxylic acids is 1. The molecular weight excluding hydrogens is 322 g/mol. The predicted octanol–water partition coefficient (Wildman–Crippen LogP) is 4.50. The molecule has 0 atom stereocenters. The molecule has 0 radical (unpaired) electrons. The van der Waals surface area contributed by atoms with E-state index in [9.17, 15) is 4.79 Å². The molecule has 0 aromatic heterocycles. The summed E-state index contributed by atoms with van der Waals surface area (Å²) in [6.45, 7) is 11.5. The third-order valence-electron chi connectivity index (χ3n) is 6.46. The minimum atomic E-state index is 0.144. The zero-order valence-corrected chi connectivity index (χ0v) is 17.5. The van der Waals surface area contributed by atoms with Crippen molar-refractivity contribution in [3.63, 3.8) is 0 Å². The summed E-state index contributed by atoms with van der Waals surface area (Å²) in [6, 6.07) is 0.144. The van der Waals surface area contributed by atoms with E-state index in [1.807, 2.05) is 14.1 Å². The van der Waals surface area contributed by atoms with Crippen molar-refractivity contribution in [2.45, 2.75) is 59.3 Å². The van der Waals surface area contributed by atoms with Gasteiger partial charge in [0, 0.05) is 31.8 Å². The molecule has 4 heteroatoms. The van der Waals surface area contributed by atoms with E-state index in [4.69, 9.17) is 0 Å². The van der Waals surface area contributed by atoms with Gasteiger partial charge in [0.05, 0.1) is 0 Å². The summed E-state index contributed by atoms with van der Waals surface area (Å²) >= 11 is 0. The van der Waals surface area contributed by atoms with Gasteiger partial charge in [0.2, 0.25) is 0 Å². The molecule has 0 aromatic rings. The van der Waals surface area contributed by atoms with Crippen molar-refractivity contribution >= 4 is 6.03 Å². The molecule has 1 aliphatic carbocycles. The van der Waals surface area contributed by atoms with Crippen LogP contribution < -0.4 is 0 Å². The van der Waals surface area contributed by atoms with Crippen LogP contribution in [0.2, 0.25) is 0 Å². The third-order valence-corrected chi connectivity index (χ3v) is 6.46. The van der Waals surface area contributed by atoms with E-state index in [1.54, 1.807) is 4.90 Å².